The molecule has 0 unspecified atom stereocenters. The Morgan fingerprint density at radius 2 is 1.94 bits per heavy atom. The first-order chi connectivity index (χ1) is 14.8. The zero-order chi connectivity index (χ0) is 23.0. The lowest BCUT2D eigenvalue weighted by Crippen LogP contribution is -2.14. The van der Waals surface area contributed by atoms with Crippen LogP contribution in [0.15, 0.2) is 40.4 Å². The monoisotopic (exact) mass is 526 g/mol. The summed E-state index contributed by atoms with van der Waals surface area (Å²) in [5.41, 5.74) is 0.584. The van der Waals surface area contributed by atoms with Crippen LogP contribution < -0.4 is 14.8 Å². The number of carbonyl (C=O) groups is 2. The summed E-state index contributed by atoms with van der Waals surface area (Å²) in [7, 11) is 1.25. The van der Waals surface area contributed by atoms with E-state index < -0.39 is 11.9 Å². The molecule has 2 aromatic rings. The van der Waals surface area contributed by atoms with Gasteiger partial charge in [0.2, 0.25) is 0 Å². The fraction of sp³-hybridized carbons (Fsp3) is 0.190. The van der Waals surface area contributed by atoms with Crippen LogP contribution in [0.3, 0.4) is 0 Å². The molecule has 7 nitrogen and oxygen atoms in total. The SMILES string of the molecule is CCOc1cc(/C=C(/C#N)C(=O)Nc2cccc(Cl)c2Cl)c(Br)cc1OCC(=O)OC. The van der Waals surface area contributed by atoms with Gasteiger partial charge >= 0.3 is 5.97 Å². The third-order valence-electron chi connectivity index (χ3n) is 3.80. The van der Waals surface area contributed by atoms with E-state index in [1.165, 1.54) is 13.2 Å². The molecule has 162 valence electrons. The average molecular weight is 528 g/mol. The minimum absolute atomic E-state index is 0.168. The lowest BCUT2D eigenvalue weighted by Gasteiger charge is -2.13. The van der Waals surface area contributed by atoms with Crippen molar-refractivity contribution in [3.63, 3.8) is 0 Å². The number of nitrogens with zero attached hydrogens (tertiary/aromatic N) is 1. The van der Waals surface area contributed by atoms with Crippen molar-refractivity contribution in [3.8, 4) is 17.6 Å². The number of ether oxygens (including phenoxy) is 3. The number of hydrogen-bond donors (Lipinski definition) is 1. The maximum absolute atomic E-state index is 12.6. The standard InChI is InChI=1S/C21H17BrCl2N2O5/c1-3-30-17-8-12(14(22)9-18(17)31-11-19(27)29-2)7-13(10-25)21(28)26-16-6-4-5-15(23)20(16)24/h4-9H,3,11H2,1-2H3,(H,26,28)/b13-7-. The number of carbonyl (C=O) groups excluding carboxylic acids is 2. The zero-order valence-electron chi connectivity index (χ0n) is 16.5. The molecule has 0 saturated carbocycles. The van der Waals surface area contributed by atoms with Crippen molar-refractivity contribution >= 4 is 62.8 Å². The maximum Gasteiger partial charge on any atom is 0.343 e. The van der Waals surface area contributed by atoms with Crippen molar-refractivity contribution in [1.82, 2.24) is 0 Å². The third-order valence-corrected chi connectivity index (χ3v) is 5.31. The van der Waals surface area contributed by atoms with Crippen LogP contribution in [-0.4, -0.2) is 32.2 Å². The number of amides is 1. The Morgan fingerprint density at radius 1 is 1.23 bits per heavy atom. The van der Waals surface area contributed by atoms with Crippen molar-refractivity contribution in [1.29, 1.82) is 5.26 Å². The molecule has 10 heteroatoms. The molecule has 0 heterocycles. The molecule has 0 aliphatic heterocycles. The highest BCUT2D eigenvalue weighted by Gasteiger charge is 2.16. The van der Waals surface area contributed by atoms with Crippen molar-refractivity contribution in [2.75, 3.05) is 25.6 Å². The topological polar surface area (TPSA) is 97.6 Å². The number of anilines is 1. The van der Waals surface area contributed by atoms with Gasteiger partial charge in [0.05, 0.1) is 29.4 Å². The molecule has 2 aromatic carbocycles. The van der Waals surface area contributed by atoms with Crippen LogP contribution in [0.1, 0.15) is 12.5 Å². The first-order valence-electron chi connectivity index (χ1n) is 8.83. The molecule has 1 amide bonds. The average Bonchev–Trinajstić information content (AvgIpc) is 2.75. The van der Waals surface area contributed by atoms with Gasteiger partial charge in [0.25, 0.3) is 5.91 Å². The number of benzene rings is 2. The van der Waals surface area contributed by atoms with Gasteiger partial charge in [-0.25, -0.2) is 4.79 Å². The summed E-state index contributed by atoms with van der Waals surface area (Å²) in [6.07, 6.45) is 1.38. The van der Waals surface area contributed by atoms with Gasteiger partial charge in [-0.15, -0.1) is 0 Å². The van der Waals surface area contributed by atoms with Gasteiger partial charge in [0.1, 0.15) is 11.6 Å². The molecular formula is C21H17BrCl2N2O5. The number of methoxy groups -OCH3 is 1. The molecule has 0 saturated heterocycles. The normalized spacial score (nSPS) is 10.8. The molecule has 0 spiro atoms. The Kier molecular flexibility index (Phi) is 9.19. The van der Waals surface area contributed by atoms with Crippen LogP contribution in [0.4, 0.5) is 5.69 Å². The summed E-state index contributed by atoms with van der Waals surface area (Å²) in [6.45, 7) is 1.81. The molecule has 0 atom stereocenters. The summed E-state index contributed by atoms with van der Waals surface area (Å²) in [4.78, 5) is 23.9. The number of esters is 1. The number of hydrogen-bond acceptors (Lipinski definition) is 6. The molecule has 31 heavy (non-hydrogen) atoms. The van der Waals surface area contributed by atoms with E-state index in [1.54, 1.807) is 37.3 Å². The summed E-state index contributed by atoms with van der Waals surface area (Å²) >= 11 is 15.4. The van der Waals surface area contributed by atoms with Gasteiger partial charge in [-0.3, -0.25) is 4.79 Å². The minimum Gasteiger partial charge on any atom is -0.490 e. The smallest absolute Gasteiger partial charge is 0.343 e. The number of nitrogens with one attached hydrogen (secondary N) is 1. The lowest BCUT2D eigenvalue weighted by molar-refractivity contribution is -0.142. The predicted octanol–water partition coefficient (Wildman–Crippen LogP) is 5.25. The van der Waals surface area contributed by atoms with E-state index in [0.29, 0.717) is 28.1 Å². The molecule has 0 aliphatic carbocycles. The van der Waals surface area contributed by atoms with Gasteiger partial charge in [0, 0.05) is 4.47 Å². The van der Waals surface area contributed by atoms with Crippen LogP contribution in [0, 0.1) is 11.3 Å². The minimum atomic E-state index is -0.664. The highest BCUT2D eigenvalue weighted by Crippen LogP contribution is 2.35. The quantitative estimate of drug-likeness (QED) is 0.286. The number of nitriles is 1. The van der Waals surface area contributed by atoms with Crippen molar-refractivity contribution < 1.29 is 23.8 Å². The van der Waals surface area contributed by atoms with Gasteiger partial charge in [-0.1, -0.05) is 45.2 Å². The first-order valence-corrected chi connectivity index (χ1v) is 10.4. The van der Waals surface area contributed by atoms with E-state index in [-0.39, 0.29) is 27.9 Å². The van der Waals surface area contributed by atoms with E-state index in [1.807, 2.05) is 6.07 Å². The molecule has 0 aliphatic rings. The Morgan fingerprint density at radius 3 is 2.58 bits per heavy atom. The van der Waals surface area contributed by atoms with E-state index in [2.05, 4.69) is 26.0 Å². The predicted molar refractivity (Wildman–Crippen MR) is 122 cm³/mol. The van der Waals surface area contributed by atoms with Crippen LogP contribution in [-0.2, 0) is 14.3 Å². The lowest BCUT2D eigenvalue weighted by atomic mass is 10.1. The van der Waals surface area contributed by atoms with Gasteiger partial charge in [-0.2, -0.15) is 5.26 Å². The Bertz CT molecular complexity index is 1070. The zero-order valence-corrected chi connectivity index (χ0v) is 19.6. The van der Waals surface area contributed by atoms with Gasteiger partial charge in [-0.05, 0) is 42.8 Å². The number of rotatable bonds is 8. The molecule has 1 N–H and O–H groups in total. The fourth-order valence-electron chi connectivity index (χ4n) is 2.33. The molecule has 2 rings (SSSR count). The Hall–Kier alpha value is -2.73. The fourth-order valence-corrected chi connectivity index (χ4v) is 3.12. The summed E-state index contributed by atoms with van der Waals surface area (Å²) in [5.74, 6) is -0.588. The highest BCUT2D eigenvalue weighted by molar-refractivity contribution is 9.10. The van der Waals surface area contributed by atoms with E-state index >= 15 is 0 Å². The van der Waals surface area contributed by atoms with Gasteiger partial charge < -0.3 is 19.5 Å². The summed E-state index contributed by atoms with van der Waals surface area (Å²) in [6, 6.07) is 9.78. The molecular weight excluding hydrogens is 511 g/mol. The highest BCUT2D eigenvalue weighted by atomic mass is 79.9. The van der Waals surface area contributed by atoms with Crippen LogP contribution in [0.2, 0.25) is 10.0 Å². The van der Waals surface area contributed by atoms with E-state index in [4.69, 9.17) is 32.7 Å². The van der Waals surface area contributed by atoms with Crippen molar-refractivity contribution in [3.05, 3.63) is 56.0 Å². The maximum atomic E-state index is 12.6. The summed E-state index contributed by atoms with van der Waals surface area (Å²) in [5, 5.41) is 12.5. The molecule has 0 aromatic heterocycles. The Labute approximate surface area is 197 Å². The third kappa shape index (κ3) is 6.62. The van der Waals surface area contributed by atoms with Crippen LogP contribution in [0.25, 0.3) is 6.08 Å². The van der Waals surface area contributed by atoms with E-state index in [0.717, 1.165) is 0 Å². The van der Waals surface area contributed by atoms with Crippen LogP contribution in [0.5, 0.6) is 11.5 Å². The second-order valence-electron chi connectivity index (χ2n) is 5.84. The molecule has 0 fully saturated rings. The largest absolute Gasteiger partial charge is 0.490 e. The van der Waals surface area contributed by atoms with Crippen LogP contribution >= 0.6 is 39.1 Å². The summed E-state index contributed by atoms with van der Waals surface area (Å²) < 4.78 is 16.1. The molecule has 0 radical (unpaired) electrons. The van der Waals surface area contributed by atoms with Crippen molar-refractivity contribution in [2.24, 2.45) is 0 Å². The second kappa shape index (κ2) is 11.6. The van der Waals surface area contributed by atoms with Gasteiger partial charge in [0.15, 0.2) is 18.1 Å². The second-order valence-corrected chi connectivity index (χ2v) is 7.48. The Balaban J connectivity index is 2.35. The van der Waals surface area contributed by atoms with Crippen molar-refractivity contribution in [2.45, 2.75) is 6.92 Å². The van der Waals surface area contributed by atoms with E-state index in [9.17, 15) is 14.9 Å². The first kappa shape index (κ1) is 24.5. The molecule has 0 bridgehead atoms. The number of halogens is 3.